The van der Waals surface area contributed by atoms with Crippen LogP contribution in [0, 0.1) is 0 Å². The lowest BCUT2D eigenvalue weighted by atomic mass is 10.2. The van der Waals surface area contributed by atoms with Gasteiger partial charge >= 0.3 is 0 Å². The number of hydrogen-bond donors (Lipinski definition) is 1. The number of thioether (sulfide) groups is 1. The molecule has 1 atom stereocenters. The van der Waals surface area contributed by atoms with Crippen molar-refractivity contribution in [3.8, 4) is 5.75 Å². The highest BCUT2D eigenvalue weighted by atomic mass is 32.2. The molecule has 0 radical (unpaired) electrons. The Morgan fingerprint density at radius 1 is 1.14 bits per heavy atom. The molecule has 0 saturated heterocycles. The normalized spacial score (nSPS) is 15.7. The Morgan fingerprint density at radius 2 is 1.93 bits per heavy atom. The van der Waals surface area contributed by atoms with Crippen LogP contribution >= 0.6 is 23.1 Å². The van der Waals surface area contributed by atoms with Crippen LogP contribution in [0.1, 0.15) is 29.1 Å². The van der Waals surface area contributed by atoms with E-state index >= 15 is 0 Å². The molecular weight excluding hydrogens is 400 g/mol. The van der Waals surface area contributed by atoms with Crippen LogP contribution in [0.5, 0.6) is 5.75 Å². The molecule has 4 rings (SSSR count). The van der Waals surface area contributed by atoms with Crippen molar-refractivity contribution in [2.75, 3.05) is 18.1 Å². The summed E-state index contributed by atoms with van der Waals surface area (Å²) >= 11 is 3.45. The van der Waals surface area contributed by atoms with Gasteiger partial charge in [-0.15, -0.1) is 23.1 Å². The number of fused-ring (bicyclic) bond motifs is 1. The van der Waals surface area contributed by atoms with Gasteiger partial charge in [-0.2, -0.15) is 0 Å². The largest absolute Gasteiger partial charge is 0.494 e. The molecule has 4 nitrogen and oxygen atoms in total. The first-order valence-corrected chi connectivity index (χ1v) is 11.5. The number of nitrogens with zero attached hydrogens (tertiary/aromatic N) is 1. The summed E-state index contributed by atoms with van der Waals surface area (Å²) in [5.41, 5.74) is 2.27. The van der Waals surface area contributed by atoms with E-state index in [0.717, 1.165) is 27.7 Å². The van der Waals surface area contributed by atoms with Crippen molar-refractivity contribution < 1.29 is 9.53 Å². The molecule has 1 N–H and O–H groups in total. The molecule has 1 amide bonds. The molecule has 0 spiro atoms. The van der Waals surface area contributed by atoms with Gasteiger partial charge in [0.05, 0.1) is 22.2 Å². The average molecular weight is 425 g/mol. The van der Waals surface area contributed by atoms with Crippen LogP contribution in [0.15, 0.2) is 65.6 Å². The second kappa shape index (κ2) is 8.93. The highest BCUT2D eigenvalue weighted by Gasteiger charge is 2.24. The van der Waals surface area contributed by atoms with Gasteiger partial charge in [-0.1, -0.05) is 31.2 Å². The molecule has 0 aliphatic carbocycles. The van der Waals surface area contributed by atoms with E-state index in [1.807, 2.05) is 49.0 Å². The highest BCUT2D eigenvalue weighted by Crippen LogP contribution is 2.43. The monoisotopic (exact) mass is 424 g/mol. The zero-order valence-electron chi connectivity index (χ0n) is 16.6. The fourth-order valence-corrected chi connectivity index (χ4v) is 5.39. The van der Waals surface area contributed by atoms with Crippen LogP contribution in [0.4, 0.5) is 10.7 Å². The van der Waals surface area contributed by atoms with Gasteiger partial charge in [0.2, 0.25) is 0 Å². The maximum atomic E-state index is 12.6. The third-order valence-corrected chi connectivity index (χ3v) is 6.95. The SMILES string of the molecule is CCOc1ccc(CNC(=O)c2ccc(N3C[C@@H](C)Sc4ccccc43)s2)cc1. The Morgan fingerprint density at radius 3 is 2.72 bits per heavy atom. The van der Waals surface area contributed by atoms with E-state index in [-0.39, 0.29) is 5.91 Å². The summed E-state index contributed by atoms with van der Waals surface area (Å²) in [4.78, 5) is 17.0. The standard InChI is InChI=1S/C23H24N2O2S2/c1-3-27-18-10-8-17(9-11-18)14-24-23(26)21-12-13-22(29-21)25-15-16(2)28-20-7-5-4-6-19(20)25/h4-13,16H,3,14-15H2,1-2H3,(H,24,26)/t16-/m1/s1. The molecular formula is C23H24N2O2S2. The maximum absolute atomic E-state index is 12.6. The fourth-order valence-electron chi connectivity index (χ4n) is 3.33. The zero-order valence-corrected chi connectivity index (χ0v) is 18.2. The average Bonchev–Trinajstić information content (AvgIpc) is 3.23. The number of carbonyl (C=O) groups is 1. The Hall–Kier alpha value is -2.44. The molecule has 0 bridgehead atoms. The summed E-state index contributed by atoms with van der Waals surface area (Å²) in [7, 11) is 0. The Bertz CT molecular complexity index is 985. The predicted molar refractivity (Wildman–Crippen MR) is 122 cm³/mol. The zero-order chi connectivity index (χ0) is 20.2. The number of carbonyl (C=O) groups excluding carboxylic acids is 1. The summed E-state index contributed by atoms with van der Waals surface area (Å²) in [5, 5.41) is 4.63. The van der Waals surface area contributed by atoms with E-state index < -0.39 is 0 Å². The number of amides is 1. The topological polar surface area (TPSA) is 41.6 Å². The van der Waals surface area contributed by atoms with Gasteiger partial charge in [-0.05, 0) is 48.9 Å². The quantitative estimate of drug-likeness (QED) is 0.550. The fraction of sp³-hybridized carbons (Fsp3) is 0.261. The van der Waals surface area contributed by atoms with Crippen LogP contribution < -0.4 is 15.0 Å². The van der Waals surface area contributed by atoms with Crippen molar-refractivity contribution in [3.63, 3.8) is 0 Å². The lowest BCUT2D eigenvalue weighted by molar-refractivity contribution is 0.0955. The van der Waals surface area contributed by atoms with E-state index in [1.54, 1.807) is 11.3 Å². The number of nitrogens with one attached hydrogen (secondary N) is 1. The van der Waals surface area contributed by atoms with Crippen LogP contribution in [-0.2, 0) is 6.54 Å². The second-order valence-electron chi connectivity index (χ2n) is 6.90. The summed E-state index contributed by atoms with van der Waals surface area (Å²) in [6, 6.07) is 20.3. The number of hydrogen-bond acceptors (Lipinski definition) is 5. The molecule has 0 unspecified atom stereocenters. The minimum atomic E-state index is -0.0390. The van der Waals surface area contributed by atoms with Gasteiger partial charge in [-0.3, -0.25) is 4.79 Å². The van der Waals surface area contributed by atoms with Gasteiger partial charge in [0.25, 0.3) is 5.91 Å². The molecule has 150 valence electrons. The molecule has 0 fully saturated rings. The van der Waals surface area contributed by atoms with Crippen molar-refractivity contribution in [2.45, 2.75) is 30.5 Å². The number of benzene rings is 2. The maximum Gasteiger partial charge on any atom is 0.261 e. The first-order valence-electron chi connectivity index (χ1n) is 9.77. The number of para-hydroxylation sites is 1. The molecule has 3 aromatic rings. The third kappa shape index (κ3) is 4.60. The minimum Gasteiger partial charge on any atom is -0.494 e. The summed E-state index contributed by atoms with van der Waals surface area (Å²) in [6.45, 7) is 6.29. The predicted octanol–water partition coefficient (Wildman–Crippen LogP) is 5.71. The van der Waals surface area contributed by atoms with Gasteiger partial charge in [0, 0.05) is 23.2 Å². The third-order valence-electron chi connectivity index (χ3n) is 4.69. The van der Waals surface area contributed by atoms with Gasteiger partial charge in [0.1, 0.15) is 5.75 Å². The van der Waals surface area contributed by atoms with E-state index in [1.165, 1.54) is 10.6 Å². The van der Waals surface area contributed by atoms with Gasteiger partial charge in [-0.25, -0.2) is 0 Å². The number of ether oxygens (including phenoxy) is 1. The number of anilines is 2. The van der Waals surface area contributed by atoms with Crippen molar-refractivity contribution in [3.05, 3.63) is 71.1 Å². The minimum absolute atomic E-state index is 0.0390. The lowest BCUT2D eigenvalue weighted by Crippen LogP contribution is -2.28. The molecule has 0 saturated carbocycles. The van der Waals surface area contributed by atoms with Crippen LogP contribution in [-0.4, -0.2) is 24.3 Å². The first-order chi connectivity index (χ1) is 14.1. The Balaban J connectivity index is 1.43. The number of thiophene rings is 1. The molecule has 2 heterocycles. The van der Waals surface area contributed by atoms with Crippen molar-refractivity contribution in [1.29, 1.82) is 0 Å². The van der Waals surface area contributed by atoms with Crippen molar-refractivity contribution in [2.24, 2.45) is 0 Å². The molecule has 29 heavy (non-hydrogen) atoms. The highest BCUT2D eigenvalue weighted by molar-refractivity contribution is 8.00. The van der Waals surface area contributed by atoms with Crippen molar-refractivity contribution in [1.82, 2.24) is 5.32 Å². The lowest BCUT2D eigenvalue weighted by Gasteiger charge is -2.33. The summed E-state index contributed by atoms with van der Waals surface area (Å²) in [5.74, 6) is 0.808. The van der Waals surface area contributed by atoms with E-state index in [0.29, 0.717) is 18.4 Å². The van der Waals surface area contributed by atoms with Crippen LogP contribution in [0.3, 0.4) is 0 Å². The molecule has 6 heteroatoms. The Labute approximate surface area is 179 Å². The van der Waals surface area contributed by atoms with Crippen LogP contribution in [0.2, 0.25) is 0 Å². The second-order valence-corrected chi connectivity index (χ2v) is 9.45. The van der Waals surface area contributed by atoms with Crippen LogP contribution in [0.25, 0.3) is 0 Å². The number of rotatable bonds is 6. The summed E-state index contributed by atoms with van der Waals surface area (Å²) in [6.07, 6.45) is 0. The van der Waals surface area contributed by atoms with E-state index in [9.17, 15) is 4.79 Å². The summed E-state index contributed by atoms with van der Waals surface area (Å²) < 4.78 is 5.46. The van der Waals surface area contributed by atoms with Crippen molar-refractivity contribution >= 4 is 39.7 Å². The molecule has 1 aromatic heterocycles. The first kappa shape index (κ1) is 19.9. The van der Waals surface area contributed by atoms with E-state index in [2.05, 4.69) is 47.5 Å². The van der Waals surface area contributed by atoms with Gasteiger partial charge in [0.15, 0.2) is 0 Å². The molecule has 1 aliphatic rings. The van der Waals surface area contributed by atoms with Gasteiger partial charge < -0.3 is 15.0 Å². The smallest absolute Gasteiger partial charge is 0.261 e. The molecule has 2 aromatic carbocycles. The van der Waals surface area contributed by atoms with E-state index in [4.69, 9.17) is 4.74 Å². The molecule has 1 aliphatic heterocycles. The Kier molecular flexibility index (Phi) is 6.11.